The molecule has 0 nitrogen and oxygen atoms in total. The van der Waals surface area contributed by atoms with Crippen LogP contribution in [-0.2, 0) is 0 Å². The maximum absolute atomic E-state index is 3.74. The van der Waals surface area contributed by atoms with Crippen molar-refractivity contribution in [1.29, 1.82) is 0 Å². The lowest BCUT2D eigenvalue weighted by atomic mass is 9.82. The van der Waals surface area contributed by atoms with Gasteiger partial charge in [-0.25, -0.2) is 0 Å². The average Bonchev–Trinajstić information content (AvgIpc) is 2.39. The predicted molar refractivity (Wildman–Crippen MR) is 77.9 cm³/mol. The van der Waals surface area contributed by atoms with E-state index in [0.29, 0.717) is 0 Å². The fourth-order valence-corrected chi connectivity index (χ4v) is 3.50. The molecule has 0 heterocycles. The average molecular weight is 289 g/mol. The third-order valence-electron chi connectivity index (χ3n) is 3.92. The molecule has 0 aromatic heterocycles. The van der Waals surface area contributed by atoms with Gasteiger partial charge in [-0.1, -0.05) is 58.4 Å². The molecule has 88 valence electrons. The molecule has 17 heavy (non-hydrogen) atoms. The van der Waals surface area contributed by atoms with Crippen LogP contribution in [0.15, 0.2) is 42.5 Å². The van der Waals surface area contributed by atoms with E-state index < -0.39 is 0 Å². The number of hydrogen-bond acceptors (Lipinski definition) is 0. The molecule has 0 unspecified atom stereocenters. The van der Waals surface area contributed by atoms with E-state index in [1.165, 1.54) is 36.5 Å². The molecule has 0 bridgehead atoms. The molecule has 1 aliphatic carbocycles. The Morgan fingerprint density at radius 3 is 2.35 bits per heavy atom. The smallest absolute Gasteiger partial charge is 0.0146 e. The molecule has 0 atom stereocenters. The van der Waals surface area contributed by atoms with Gasteiger partial charge in [-0.05, 0) is 47.9 Å². The highest BCUT2D eigenvalue weighted by atomic mass is 79.9. The molecule has 1 heteroatoms. The lowest BCUT2D eigenvalue weighted by Gasteiger charge is -2.26. The normalized spacial score (nSPS) is 25.0. The first kappa shape index (κ1) is 11.3. The minimum Gasteiger partial charge on any atom is -0.0891 e. The number of alkyl halides is 1. The number of hydrogen-bond donors (Lipinski definition) is 0. The van der Waals surface area contributed by atoms with Gasteiger partial charge in [0.1, 0.15) is 0 Å². The van der Waals surface area contributed by atoms with E-state index >= 15 is 0 Å². The fourth-order valence-electron chi connectivity index (χ4n) is 2.97. The van der Waals surface area contributed by atoms with Gasteiger partial charge < -0.3 is 0 Å². The molecule has 2 aromatic carbocycles. The Hall–Kier alpha value is -0.820. The quantitative estimate of drug-likeness (QED) is 0.628. The van der Waals surface area contributed by atoms with Crippen LogP contribution >= 0.6 is 15.9 Å². The Morgan fingerprint density at radius 2 is 1.53 bits per heavy atom. The van der Waals surface area contributed by atoms with Crippen LogP contribution in [0.3, 0.4) is 0 Å². The molecule has 0 radical (unpaired) electrons. The molecule has 2 aromatic rings. The van der Waals surface area contributed by atoms with Crippen LogP contribution in [0.1, 0.15) is 37.2 Å². The number of benzene rings is 2. The van der Waals surface area contributed by atoms with Gasteiger partial charge in [-0.3, -0.25) is 0 Å². The highest BCUT2D eigenvalue weighted by Gasteiger charge is 2.21. The second kappa shape index (κ2) is 4.81. The number of fused-ring (bicyclic) bond motifs is 1. The van der Waals surface area contributed by atoms with E-state index in [1.807, 2.05) is 0 Å². The second-order valence-corrected chi connectivity index (χ2v) is 6.31. The maximum atomic E-state index is 3.74. The first-order chi connectivity index (χ1) is 8.34. The fraction of sp³-hybridized carbons (Fsp3) is 0.375. The van der Waals surface area contributed by atoms with E-state index in [-0.39, 0.29) is 0 Å². The predicted octanol–water partition coefficient (Wildman–Crippen LogP) is 5.26. The summed E-state index contributed by atoms with van der Waals surface area (Å²) in [5.74, 6) is 0.759. The summed E-state index contributed by atoms with van der Waals surface area (Å²) in [5, 5.41) is 2.83. The van der Waals surface area contributed by atoms with Crippen LogP contribution < -0.4 is 0 Å². The van der Waals surface area contributed by atoms with Crippen molar-refractivity contribution in [2.45, 2.75) is 36.4 Å². The van der Waals surface area contributed by atoms with Gasteiger partial charge in [0.25, 0.3) is 0 Å². The molecule has 0 amide bonds. The minimum atomic E-state index is 0.744. The van der Waals surface area contributed by atoms with E-state index in [1.54, 1.807) is 5.56 Å². The molecule has 0 spiro atoms. The third-order valence-corrected chi connectivity index (χ3v) is 4.84. The second-order valence-electron chi connectivity index (χ2n) is 5.02. The molecule has 1 aliphatic rings. The first-order valence-corrected chi connectivity index (χ1v) is 7.38. The highest BCUT2D eigenvalue weighted by molar-refractivity contribution is 9.09. The summed E-state index contributed by atoms with van der Waals surface area (Å²) in [6, 6.07) is 15.5. The van der Waals surface area contributed by atoms with Crippen molar-refractivity contribution in [3.8, 4) is 0 Å². The Bertz CT molecular complexity index is 504. The molecule has 0 N–H and O–H groups in total. The largest absolute Gasteiger partial charge is 0.0891 e. The van der Waals surface area contributed by atoms with Gasteiger partial charge in [0.05, 0.1) is 0 Å². The van der Waals surface area contributed by atoms with Gasteiger partial charge in [0.15, 0.2) is 0 Å². The minimum absolute atomic E-state index is 0.744. The summed E-state index contributed by atoms with van der Waals surface area (Å²) in [5.41, 5.74) is 1.56. The van der Waals surface area contributed by atoms with E-state index in [9.17, 15) is 0 Å². The first-order valence-electron chi connectivity index (χ1n) is 6.46. The summed E-state index contributed by atoms with van der Waals surface area (Å²) in [6.07, 6.45) is 5.27. The molecular formula is C16H17Br. The molecule has 0 aliphatic heterocycles. The maximum Gasteiger partial charge on any atom is 0.0146 e. The molecule has 3 rings (SSSR count). The monoisotopic (exact) mass is 288 g/mol. The van der Waals surface area contributed by atoms with E-state index in [0.717, 1.165) is 10.7 Å². The van der Waals surface area contributed by atoms with Gasteiger partial charge >= 0.3 is 0 Å². The molecular weight excluding hydrogens is 272 g/mol. The van der Waals surface area contributed by atoms with Gasteiger partial charge in [0.2, 0.25) is 0 Å². The van der Waals surface area contributed by atoms with Crippen LogP contribution in [-0.4, -0.2) is 4.83 Å². The van der Waals surface area contributed by atoms with Crippen molar-refractivity contribution in [1.82, 2.24) is 0 Å². The SMILES string of the molecule is BrC1CCC(c2cccc3ccccc23)CC1. The third kappa shape index (κ3) is 2.26. The van der Waals surface area contributed by atoms with Crippen molar-refractivity contribution < 1.29 is 0 Å². The molecule has 0 saturated heterocycles. The highest BCUT2D eigenvalue weighted by Crippen LogP contribution is 2.38. The van der Waals surface area contributed by atoms with Crippen molar-refractivity contribution >= 4 is 26.7 Å². The van der Waals surface area contributed by atoms with Crippen LogP contribution in [0.5, 0.6) is 0 Å². The summed E-state index contributed by atoms with van der Waals surface area (Å²) in [4.78, 5) is 0.744. The Kier molecular flexibility index (Phi) is 3.19. The summed E-state index contributed by atoms with van der Waals surface area (Å²) < 4.78 is 0. The van der Waals surface area contributed by atoms with Gasteiger partial charge in [-0.15, -0.1) is 0 Å². The van der Waals surface area contributed by atoms with Gasteiger partial charge in [-0.2, -0.15) is 0 Å². The zero-order valence-electron chi connectivity index (χ0n) is 9.90. The molecule has 1 saturated carbocycles. The van der Waals surface area contributed by atoms with Crippen LogP contribution in [0.4, 0.5) is 0 Å². The topological polar surface area (TPSA) is 0 Å². The Morgan fingerprint density at radius 1 is 0.824 bits per heavy atom. The van der Waals surface area contributed by atoms with E-state index in [2.05, 4.69) is 58.4 Å². The van der Waals surface area contributed by atoms with Crippen molar-refractivity contribution in [3.63, 3.8) is 0 Å². The Balaban J connectivity index is 2.00. The lowest BCUT2D eigenvalue weighted by Crippen LogP contribution is -2.12. The van der Waals surface area contributed by atoms with Crippen LogP contribution in [0.2, 0.25) is 0 Å². The van der Waals surface area contributed by atoms with Crippen molar-refractivity contribution in [3.05, 3.63) is 48.0 Å². The number of rotatable bonds is 1. The summed E-state index contributed by atoms with van der Waals surface area (Å²) in [7, 11) is 0. The van der Waals surface area contributed by atoms with Crippen LogP contribution in [0, 0.1) is 0 Å². The van der Waals surface area contributed by atoms with Gasteiger partial charge in [0, 0.05) is 4.83 Å². The zero-order chi connectivity index (χ0) is 11.7. The standard InChI is InChI=1S/C16H17Br/c17-14-10-8-13(9-11-14)16-7-3-5-12-4-1-2-6-15(12)16/h1-7,13-14H,8-11H2. The summed E-state index contributed by atoms with van der Waals surface area (Å²) >= 11 is 3.74. The van der Waals surface area contributed by atoms with Crippen molar-refractivity contribution in [2.75, 3.05) is 0 Å². The van der Waals surface area contributed by atoms with Crippen molar-refractivity contribution in [2.24, 2.45) is 0 Å². The van der Waals surface area contributed by atoms with Crippen LogP contribution in [0.25, 0.3) is 10.8 Å². The number of halogens is 1. The molecule has 1 fully saturated rings. The lowest BCUT2D eigenvalue weighted by molar-refractivity contribution is 0.459. The zero-order valence-corrected chi connectivity index (χ0v) is 11.5. The Labute approximate surface area is 111 Å². The summed E-state index contributed by atoms with van der Waals surface area (Å²) in [6.45, 7) is 0. The van der Waals surface area contributed by atoms with E-state index in [4.69, 9.17) is 0 Å².